The topological polar surface area (TPSA) is 140 Å². The van der Waals surface area contributed by atoms with Gasteiger partial charge in [-0.2, -0.15) is 0 Å². The maximum absolute atomic E-state index is 12.0. The SMILES string of the molecule is NC(C(=O)CC1CC(CCC2CCNCC2)=NO1)[C@H](N)C(=O)O. The van der Waals surface area contributed by atoms with E-state index in [9.17, 15) is 9.59 Å². The van der Waals surface area contributed by atoms with Crippen molar-refractivity contribution in [2.75, 3.05) is 13.1 Å². The minimum Gasteiger partial charge on any atom is -0.480 e. The standard InChI is InChI=1S/C15H26N4O4/c16-13(14(17)15(21)22)12(20)8-11-7-10(19-23-11)2-1-9-3-5-18-6-4-9/h9,11,13-14,18H,1-8,16-17H2,(H,21,22)/t11?,13?,14-/m0/s1. The largest absolute Gasteiger partial charge is 0.480 e. The quantitative estimate of drug-likeness (QED) is 0.476. The van der Waals surface area contributed by atoms with Gasteiger partial charge in [-0.05, 0) is 44.7 Å². The van der Waals surface area contributed by atoms with E-state index in [-0.39, 0.29) is 12.5 Å². The predicted molar refractivity (Wildman–Crippen MR) is 85.0 cm³/mol. The van der Waals surface area contributed by atoms with Crippen LogP contribution in [-0.2, 0) is 14.4 Å². The zero-order valence-electron chi connectivity index (χ0n) is 13.2. The molecule has 0 bridgehead atoms. The molecule has 0 spiro atoms. The van der Waals surface area contributed by atoms with Crippen molar-refractivity contribution in [3.05, 3.63) is 0 Å². The molecule has 0 radical (unpaired) electrons. The average Bonchev–Trinajstić information content (AvgIpc) is 2.99. The second kappa shape index (κ2) is 8.37. The zero-order valence-corrected chi connectivity index (χ0v) is 13.2. The Morgan fingerprint density at radius 1 is 1.30 bits per heavy atom. The maximum Gasteiger partial charge on any atom is 0.322 e. The van der Waals surface area contributed by atoms with E-state index >= 15 is 0 Å². The average molecular weight is 326 g/mol. The van der Waals surface area contributed by atoms with E-state index in [4.69, 9.17) is 21.4 Å². The smallest absolute Gasteiger partial charge is 0.322 e. The first-order valence-corrected chi connectivity index (χ1v) is 8.16. The van der Waals surface area contributed by atoms with Crippen LogP contribution < -0.4 is 16.8 Å². The van der Waals surface area contributed by atoms with E-state index < -0.39 is 23.8 Å². The molecule has 2 rings (SSSR count). The van der Waals surface area contributed by atoms with Crippen LogP contribution >= 0.6 is 0 Å². The molecule has 2 heterocycles. The van der Waals surface area contributed by atoms with Gasteiger partial charge in [0.15, 0.2) is 5.78 Å². The van der Waals surface area contributed by atoms with Crippen LogP contribution in [0.5, 0.6) is 0 Å². The Balaban J connectivity index is 1.69. The van der Waals surface area contributed by atoms with Gasteiger partial charge in [-0.25, -0.2) is 0 Å². The van der Waals surface area contributed by atoms with Gasteiger partial charge in [0.05, 0.1) is 11.8 Å². The number of rotatable bonds is 8. The molecule has 1 fully saturated rings. The summed E-state index contributed by atoms with van der Waals surface area (Å²) in [5.41, 5.74) is 11.9. The van der Waals surface area contributed by atoms with Gasteiger partial charge in [0.2, 0.25) is 0 Å². The van der Waals surface area contributed by atoms with Crippen LogP contribution in [0.25, 0.3) is 0 Å². The monoisotopic (exact) mass is 326 g/mol. The summed E-state index contributed by atoms with van der Waals surface area (Å²) < 4.78 is 0. The molecule has 6 N–H and O–H groups in total. The van der Waals surface area contributed by atoms with Crippen molar-refractivity contribution in [1.29, 1.82) is 0 Å². The number of carboxylic acid groups (broad SMARTS) is 1. The van der Waals surface area contributed by atoms with Gasteiger partial charge in [0, 0.05) is 12.8 Å². The Morgan fingerprint density at radius 2 is 2.00 bits per heavy atom. The van der Waals surface area contributed by atoms with Gasteiger partial charge >= 0.3 is 5.97 Å². The number of nitrogens with one attached hydrogen (secondary N) is 1. The summed E-state index contributed by atoms with van der Waals surface area (Å²) in [6.07, 6.45) is 4.66. The number of ketones is 1. The van der Waals surface area contributed by atoms with Crippen molar-refractivity contribution in [3.63, 3.8) is 0 Å². The van der Waals surface area contributed by atoms with Crippen LogP contribution in [0.15, 0.2) is 5.16 Å². The Hall–Kier alpha value is -1.51. The fourth-order valence-corrected chi connectivity index (χ4v) is 3.00. The molecule has 3 atom stereocenters. The predicted octanol–water partition coefficient (Wildman–Crippen LogP) is -0.390. The zero-order chi connectivity index (χ0) is 16.8. The number of nitrogens with two attached hydrogens (primary N) is 2. The highest BCUT2D eigenvalue weighted by molar-refractivity contribution is 5.92. The molecule has 2 unspecified atom stereocenters. The third-order valence-electron chi connectivity index (χ3n) is 4.57. The van der Waals surface area contributed by atoms with Gasteiger partial charge < -0.3 is 26.7 Å². The van der Waals surface area contributed by atoms with Crippen LogP contribution in [0, 0.1) is 5.92 Å². The van der Waals surface area contributed by atoms with Gasteiger partial charge in [0.25, 0.3) is 0 Å². The van der Waals surface area contributed by atoms with Gasteiger partial charge in [0.1, 0.15) is 12.1 Å². The summed E-state index contributed by atoms with van der Waals surface area (Å²) in [7, 11) is 0. The van der Waals surface area contributed by atoms with Crippen LogP contribution in [0.3, 0.4) is 0 Å². The van der Waals surface area contributed by atoms with Crippen molar-refractivity contribution in [1.82, 2.24) is 5.32 Å². The molecule has 1 saturated heterocycles. The highest BCUT2D eigenvalue weighted by Crippen LogP contribution is 2.22. The number of oxime groups is 1. The van der Waals surface area contributed by atoms with Crippen molar-refractivity contribution < 1.29 is 19.5 Å². The molecule has 0 saturated carbocycles. The summed E-state index contributed by atoms with van der Waals surface area (Å²) in [6, 6.07) is -2.60. The van der Waals surface area contributed by atoms with Gasteiger partial charge in [-0.3, -0.25) is 9.59 Å². The Morgan fingerprint density at radius 3 is 2.65 bits per heavy atom. The van der Waals surface area contributed by atoms with E-state index in [0.717, 1.165) is 37.6 Å². The second-order valence-corrected chi connectivity index (χ2v) is 6.38. The van der Waals surface area contributed by atoms with Crippen LogP contribution in [0.1, 0.15) is 38.5 Å². The number of Topliss-reactive ketones (excluding diaryl/α,β-unsaturated/α-hetero) is 1. The van der Waals surface area contributed by atoms with Gasteiger partial charge in [-0.1, -0.05) is 5.16 Å². The third kappa shape index (κ3) is 5.26. The highest BCUT2D eigenvalue weighted by atomic mass is 16.6. The number of carboxylic acids is 1. The fraction of sp³-hybridized carbons (Fsp3) is 0.800. The summed E-state index contributed by atoms with van der Waals surface area (Å²) >= 11 is 0. The lowest BCUT2D eigenvalue weighted by Gasteiger charge is -2.22. The van der Waals surface area contributed by atoms with E-state index in [1.807, 2.05) is 0 Å². The first-order valence-electron chi connectivity index (χ1n) is 8.16. The highest BCUT2D eigenvalue weighted by Gasteiger charge is 2.31. The Labute approximate surface area is 135 Å². The number of piperidine rings is 1. The maximum atomic E-state index is 12.0. The molecule has 0 amide bonds. The lowest BCUT2D eigenvalue weighted by molar-refractivity contribution is -0.141. The molecular weight excluding hydrogens is 300 g/mol. The molecule has 8 heteroatoms. The minimum atomic E-state index is -1.38. The summed E-state index contributed by atoms with van der Waals surface area (Å²) in [4.78, 5) is 28.0. The summed E-state index contributed by atoms with van der Waals surface area (Å²) in [6.45, 7) is 2.15. The third-order valence-corrected chi connectivity index (χ3v) is 4.57. The summed E-state index contributed by atoms with van der Waals surface area (Å²) in [5, 5.41) is 16.2. The summed E-state index contributed by atoms with van der Waals surface area (Å²) in [5.74, 6) is -0.960. The normalized spacial score (nSPS) is 24.6. The molecule has 23 heavy (non-hydrogen) atoms. The van der Waals surface area contributed by atoms with Crippen molar-refractivity contribution in [2.45, 2.75) is 56.7 Å². The number of aliphatic carboxylic acids is 1. The molecule has 2 aliphatic rings. The molecule has 8 nitrogen and oxygen atoms in total. The van der Waals surface area contributed by atoms with E-state index in [2.05, 4.69) is 10.5 Å². The van der Waals surface area contributed by atoms with Crippen molar-refractivity contribution in [3.8, 4) is 0 Å². The number of nitrogens with zero attached hydrogens (tertiary/aromatic N) is 1. The lowest BCUT2D eigenvalue weighted by Crippen LogP contribution is -2.52. The lowest BCUT2D eigenvalue weighted by atomic mass is 9.91. The number of hydrogen-bond acceptors (Lipinski definition) is 7. The van der Waals surface area contributed by atoms with Crippen LogP contribution in [-0.4, -0.2) is 53.8 Å². The molecule has 0 aliphatic carbocycles. The molecule has 0 aromatic rings. The Kier molecular flexibility index (Phi) is 6.49. The molecule has 2 aliphatic heterocycles. The molecular formula is C15H26N4O4. The van der Waals surface area contributed by atoms with Gasteiger partial charge in [-0.15, -0.1) is 0 Å². The number of carbonyl (C=O) groups is 2. The van der Waals surface area contributed by atoms with E-state index in [1.54, 1.807) is 0 Å². The minimum absolute atomic E-state index is 0.0441. The van der Waals surface area contributed by atoms with E-state index in [1.165, 1.54) is 12.8 Å². The first kappa shape index (κ1) is 17.8. The second-order valence-electron chi connectivity index (χ2n) is 6.38. The number of hydrogen-bond donors (Lipinski definition) is 4. The molecule has 0 aromatic heterocycles. The Bertz CT molecular complexity index is 462. The molecule has 130 valence electrons. The fourth-order valence-electron chi connectivity index (χ4n) is 3.00. The number of carbonyl (C=O) groups excluding carboxylic acids is 1. The van der Waals surface area contributed by atoms with Crippen molar-refractivity contribution >= 4 is 17.5 Å². The first-order chi connectivity index (χ1) is 11.0. The van der Waals surface area contributed by atoms with Crippen LogP contribution in [0.2, 0.25) is 0 Å². The van der Waals surface area contributed by atoms with Crippen LogP contribution in [0.4, 0.5) is 0 Å². The molecule has 0 aromatic carbocycles. The van der Waals surface area contributed by atoms with E-state index in [0.29, 0.717) is 6.42 Å². The van der Waals surface area contributed by atoms with Crippen molar-refractivity contribution in [2.24, 2.45) is 22.5 Å².